The lowest BCUT2D eigenvalue weighted by atomic mass is 10.2. The summed E-state index contributed by atoms with van der Waals surface area (Å²) in [4.78, 5) is 17.4. The first-order chi connectivity index (χ1) is 9.85. The van der Waals surface area contributed by atoms with E-state index in [0.29, 0.717) is 12.2 Å². The molecule has 1 aromatic carbocycles. The van der Waals surface area contributed by atoms with Crippen LogP contribution in [-0.2, 0) is 16.4 Å². The normalized spacial score (nSPS) is 11.3. The van der Waals surface area contributed by atoms with Crippen molar-refractivity contribution in [3.05, 3.63) is 35.8 Å². The van der Waals surface area contributed by atoms with E-state index in [1.807, 2.05) is 6.92 Å². The van der Waals surface area contributed by atoms with Crippen molar-refractivity contribution in [1.29, 1.82) is 0 Å². The average Bonchev–Trinajstić information content (AvgIpc) is 2.90. The predicted octanol–water partition coefficient (Wildman–Crippen LogP) is 1.18. The van der Waals surface area contributed by atoms with Crippen LogP contribution >= 0.6 is 0 Å². The third kappa shape index (κ3) is 2.97. The second-order valence-electron chi connectivity index (χ2n) is 4.16. The Bertz CT molecular complexity index is 782. The number of anilines is 1. The maximum atomic E-state index is 12.1. The minimum Gasteiger partial charge on any atom is -0.505 e. The molecular formula is C12H13N3O5S. The van der Waals surface area contributed by atoms with Gasteiger partial charge in [0.15, 0.2) is 10.8 Å². The number of nitrogens with one attached hydrogen (secondary N) is 2. The van der Waals surface area contributed by atoms with Gasteiger partial charge in [-0.3, -0.25) is 4.72 Å². The lowest BCUT2D eigenvalue weighted by Gasteiger charge is -2.09. The standard InChI is InChI=1S/C12H13N3O5S/c1-2-9-13-6-10(14-9)21(19,20)15-8-5-3-4-7(11(8)16)12(17)18/h3-6,15-16H,2H2,1H3,(H,13,14)(H,17,18). The van der Waals surface area contributed by atoms with Crippen LogP contribution in [0.25, 0.3) is 0 Å². The van der Waals surface area contributed by atoms with Crippen molar-refractivity contribution in [2.24, 2.45) is 0 Å². The van der Waals surface area contributed by atoms with Gasteiger partial charge in [0.1, 0.15) is 11.4 Å². The number of imidazole rings is 1. The zero-order valence-corrected chi connectivity index (χ0v) is 11.8. The maximum absolute atomic E-state index is 12.1. The van der Waals surface area contributed by atoms with Gasteiger partial charge >= 0.3 is 5.97 Å². The fourth-order valence-corrected chi connectivity index (χ4v) is 2.67. The summed E-state index contributed by atoms with van der Waals surface area (Å²) in [6.07, 6.45) is 1.69. The van der Waals surface area contributed by atoms with E-state index in [1.54, 1.807) is 0 Å². The largest absolute Gasteiger partial charge is 0.505 e. The second kappa shape index (κ2) is 5.44. The minimum atomic E-state index is -3.99. The number of carboxylic acid groups (broad SMARTS) is 1. The number of aromatic carboxylic acids is 1. The molecule has 0 amide bonds. The molecule has 2 aromatic rings. The lowest BCUT2D eigenvalue weighted by molar-refractivity contribution is 0.0694. The molecule has 1 heterocycles. The molecule has 0 unspecified atom stereocenters. The fraction of sp³-hybridized carbons (Fsp3) is 0.167. The summed E-state index contributed by atoms with van der Waals surface area (Å²) in [5, 5.41) is 18.5. The zero-order valence-electron chi connectivity index (χ0n) is 11.0. The second-order valence-corrected chi connectivity index (χ2v) is 5.81. The number of aromatic amines is 1. The van der Waals surface area contributed by atoms with Crippen LogP contribution in [0.5, 0.6) is 5.75 Å². The number of para-hydroxylation sites is 1. The van der Waals surface area contributed by atoms with Crippen LogP contribution in [0, 0.1) is 0 Å². The molecule has 2 rings (SSSR count). The van der Waals surface area contributed by atoms with Gasteiger partial charge in [0.25, 0.3) is 10.0 Å². The Labute approximate surface area is 120 Å². The number of H-pyrrole nitrogens is 1. The first kappa shape index (κ1) is 14.9. The van der Waals surface area contributed by atoms with Gasteiger partial charge in [0.2, 0.25) is 0 Å². The Morgan fingerprint density at radius 2 is 2.14 bits per heavy atom. The molecule has 0 saturated carbocycles. The summed E-state index contributed by atoms with van der Waals surface area (Å²) in [6.45, 7) is 1.81. The van der Waals surface area contributed by atoms with Gasteiger partial charge in [-0.15, -0.1) is 0 Å². The van der Waals surface area contributed by atoms with Crippen LogP contribution < -0.4 is 4.72 Å². The van der Waals surface area contributed by atoms with Gasteiger partial charge in [-0.25, -0.2) is 9.78 Å². The quantitative estimate of drug-likeness (QED) is 0.613. The highest BCUT2D eigenvalue weighted by molar-refractivity contribution is 7.92. The molecule has 9 heteroatoms. The number of aromatic hydroxyl groups is 1. The molecular weight excluding hydrogens is 298 g/mol. The van der Waals surface area contributed by atoms with Crippen molar-refractivity contribution in [2.45, 2.75) is 18.4 Å². The molecule has 21 heavy (non-hydrogen) atoms. The first-order valence-electron chi connectivity index (χ1n) is 5.97. The summed E-state index contributed by atoms with van der Waals surface area (Å²) < 4.78 is 26.4. The zero-order chi connectivity index (χ0) is 15.6. The van der Waals surface area contributed by atoms with Crippen LogP contribution in [0.3, 0.4) is 0 Å². The molecule has 0 aliphatic carbocycles. The average molecular weight is 311 g/mol. The SMILES string of the molecule is CCc1ncc(S(=O)(=O)Nc2cccc(C(=O)O)c2O)[nH]1. The molecule has 0 bridgehead atoms. The van der Waals surface area contributed by atoms with Crippen LogP contribution in [0.2, 0.25) is 0 Å². The van der Waals surface area contributed by atoms with Crippen molar-refractivity contribution in [3.63, 3.8) is 0 Å². The molecule has 0 saturated heterocycles. The number of nitrogens with zero attached hydrogens (tertiary/aromatic N) is 1. The van der Waals surface area contributed by atoms with Crippen molar-refractivity contribution in [2.75, 3.05) is 4.72 Å². The first-order valence-corrected chi connectivity index (χ1v) is 7.45. The van der Waals surface area contributed by atoms with Crippen LogP contribution in [0.1, 0.15) is 23.1 Å². The highest BCUT2D eigenvalue weighted by atomic mass is 32.2. The highest BCUT2D eigenvalue weighted by Gasteiger charge is 2.21. The number of rotatable bonds is 5. The number of hydrogen-bond donors (Lipinski definition) is 4. The van der Waals surface area contributed by atoms with Gasteiger partial charge in [0.05, 0.1) is 11.9 Å². The summed E-state index contributed by atoms with van der Waals surface area (Å²) in [5.41, 5.74) is -0.614. The van der Waals surface area contributed by atoms with E-state index in [1.165, 1.54) is 18.2 Å². The molecule has 0 aliphatic heterocycles. The van der Waals surface area contributed by atoms with Crippen molar-refractivity contribution in [1.82, 2.24) is 9.97 Å². The van der Waals surface area contributed by atoms with Gasteiger partial charge in [-0.05, 0) is 12.1 Å². The Hall–Kier alpha value is -2.55. The Kier molecular flexibility index (Phi) is 3.85. The number of phenols is 1. The van der Waals surface area contributed by atoms with E-state index in [2.05, 4.69) is 14.7 Å². The van der Waals surface area contributed by atoms with E-state index in [-0.39, 0.29) is 10.7 Å². The van der Waals surface area contributed by atoms with E-state index >= 15 is 0 Å². The molecule has 0 atom stereocenters. The summed E-state index contributed by atoms with van der Waals surface area (Å²) >= 11 is 0. The van der Waals surface area contributed by atoms with Gasteiger partial charge in [-0.2, -0.15) is 8.42 Å². The Morgan fingerprint density at radius 1 is 1.43 bits per heavy atom. The lowest BCUT2D eigenvalue weighted by Crippen LogP contribution is -2.14. The third-order valence-electron chi connectivity index (χ3n) is 2.74. The number of hydrogen-bond acceptors (Lipinski definition) is 5. The van der Waals surface area contributed by atoms with Crippen LogP contribution in [0.15, 0.2) is 29.4 Å². The van der Waals surface area contributed by atoms with Crippen LogP contribution in [0.4, 0.5) is 5.69 Å². The molecule has 0 spiro atoms. The van der Waals surface area contributed by atoms with E-state index in [4.69, 9.17) is 5.11 Å². The predicted molar refractivity (Wildman–Crippen MR) is 73.8 cm³/mol. The summed E-state index contributed by atoms with van der Waals surface area (Å²) in [7, 11) is -3.99. The number of benzene rings is 1. The van der Waals surface area contributed by atoms with Gasteiger partial charge in [-0.1, -0.05) is 13.0 Å². The smallest absolute Gasteiger partial charge is 0.339 e. The monoisotopic (exact) mass is 311 g/mol. The highest BCUT2D eigenvalue weighted by Crippen LogP contribution is 2.29. The molecule has 112 valence electrons. The van der Waals surface area contributed by atoms with Crippen molar-refractivity contribution in [3.8, 4) is 5.75 Å². The third-order valence-corrected chi connectivity index (χ3v) is 4.02. The van der Waals surface area contributed by atoms with Gasteiger partial charge < -0.3 is 15.2 Å². The Morgan fingerprint density at radius 3 is 2.71 bits per heavy atom. The molecule has 1 aromatic heterocycles. The topological polar surface area (TPSA) is 132 Å². The number of carboxylic acids is 1. The van der Waals surface area contributed by atoms with E-state index in [0.717, 1.165) is 6.20 Å². The number of carbonyl (C=O) groups is 1. The van der Waals surface area contributed by atoms with Gasteiger partial charge in [0, 0.05) is 6.42 Å². The fourth-order valence-electron chi connectivity index (χ4n) is 1.66. The molecule has 0 radical (unpaired) electrons. The number of sulfonamides is 1. The molecule has 0 aliphatic rings. The number of aryl methyl sites for hydroxylation is 1. The van der Waals surface area contributed by atoms with E-state index < -0.39 is 27.3 Å². The Balaban J connectivity index is 2.37. The van der Waals surface area contributed by atoms with E-state index in [9.17, 15) is 18.3 Å². The molecule has 0 fully saturated rings. The molecule has 8 nitrogen and oxygen atoms in total. The minimum absolute atomic E-state index is 0.167. The maximum Gasteiger partial charge on any atom is 0.339 e. The molecule has 4 N–H and O–H groups in total. The van der Waals surface area contributed by atoms with Crippen molar-refractivity contribution >= 4 is 21.7 Å². The van der Waals surface area contributed by atoms with Crippen molar-refractivity contribution < 1.29 is 23.4 Å². The summed E-state index contributed by atoms with van der Waals surface area (Å²) in [6, 6.07) is 3.75. The summed E-state index contributed by atoms with van der Waals surface area (Å²) in [5.74, 6) is -1.51. The van der Waals surface area contributed by atoms with Crippen LogP contribution in [-0.4, -0.2) is 34.6 Å². The number of aromatic nitrogens is 2.